The largest absolute Gasteiger partial charge is 0.440 e. The first-order valence-electron chi connectivity index (χ1n) is 6.76. The van der Waals surface area contributed by atoms with E-state index >= 15 is 0 Å². The molecule has 0 amide bonds. The van der Waals surface area contributed by atoms with Crippen molar-refractivity contribution in [1.82, 2.24) is 10.3 Å². The summed E-state index contributed by atoms with van der Waals surface area (Å²) in [5.41, 5.74) is 2.90. The molecular formula is C15H18N2OS. The Morgan fingerprint density at radius 1 is 1.42 bits per heavy atom. The fourth-order valence-corrected chi connectivity index (χ4v) is 3.82. The lowest BCUT2D eigenvalue weighted by molar-refractivity contribution is 0.442. The molecule has 0 bridgehead atoms. The molecule has 3 rings (SSSR count). The smallest absolute Gasteiger partial charge is 0.255 e. The van der Waals surface area contributed by atoms with Crippen molar-refractivity contribution in [2.45, 2.75) is 36.3 Å². The van der Waals surface area contributed by atoms with E-state index in [1.54, 1.807) is 24.2 Å². The SMILES string of the molecule is CCNC1c2ccccc2CCC1Sc1ncco1. The van der Waals surface area contributed by atoms with Crippen LogP contribution in [0.5, 0.6) is 0 Å². The first-order chi connectivity index (χ1) is 9.38. The van der Waals surface area contributed by atoms with Gasteiger partial charge in [0.1, 0.15) is 6.26 Å². The van der Waals surface area contributed by atoms with Crippen molar-refractivity contribution in [1.29, 1.82) is 0 Å². The zero-order chi connectivity index (χ0) is 13.1. The lowest BCUT2D eigenvalue weighted by Gasteiger charge is -2.33. The molecule has 1 N–H and O–H groups in total. The van der Waals surface area contributed by atoms with Crippen molar-refractivity contribution in [2.24, 2.45) is 0 Å². The Hall–Kier alpha value is -1.26. The maximum absolute atomic E-state index is 5.37. The van der Waals surface area contributed by atoms with Gasteiger partial charge in [0.15, 0.2) is 0 Å². The highest BCUT2D eigenvalue weighted by Crippen LogP contribution is 2.39. The summed E-state index contributed by atoms with van der Waals surface area (Å²) in [4.78, 5) is 4.23. The second-order valence-electron chi connectivity index (χ2n) is 4.73. The van der Waals surface area contributed by atoms with Crippen molar-refractivity contribution in [3.63, 3.8) is 0 Å². The van der Waals surface area contributed by atoms with E-state index < -0.39 is 0 Å². The molecule has 1 aliphatic carbocycles. The molecule has 1 aromatic heterocycles. The van der Waals surface area contributed by atoms with Gasteiger partial charge in [-0.3, -0.25) is 0 Å². The molecular weight excluding hydrogens is 256 g/mol. The maximum Gasteiger partial charge on any atom is 0.255 e. The Balaban J connectivity index is 1.85. The maximum atomic E-state index is 5.37. The van der Waals surface area contributed by atoms with Crippen LogP contribution < -0.4 is 5.32 Å². The zero-order valence-corrected chi connectivity index (χ0v) is 11.8. The van der Waals surface area contributed by atoms with Crippen LogP contribution in [0.1, 0.15) is 30.5 Å². The first-order valence-corrected chi connectivity index (χ1v) is 7.63. The molecule has 0 fully saturated rings. The number of hydrogen-bond donors (Lipinski definition) is 1. The van der Waals surface area contributed by atoms with Crippen molar-refractivity contribution in [2.75, 3.05) is 6.54 Å². The molecule has 0 saturated heterocycles. The molecule has 0 radical (unpaired) electrons. The van der Waals surface area contributed by atoms with Crippen LogP contribution in [-0.4, -0.2) is 16.8 Å². The second-order valence-corrected chi connectivity index (χ2v) is 5.92. The summed E-state index contributed by atoms with van der Waals surface area (Å²) in [6, 6.07) is 9.12. The number of benzene rings is 1. The molecule has 1 aliphatic rings. The van der Waals surface area contributed by atoms with Gasteiger partial charge < -0.3 is 9.73 Å². The molecule has 4 heteroatoms. The number of oxazole rings is 1. The first kappa shape index (κ1) is 12.8. The summed E-state index contributed by atoms with van der Waals surface area (Å²) in [7, 11) is 0. The van der Waals surface area contributed by atoms with E-state index in [-0.39, 0.29) is 0 Å². The third-order valence-electron chi connectivity index (χ3n) is 3.55. The number of aromatic nitrogens is 1. The van der Waals surface area contributed by atoms with Crippen LogP contribution in [0.2, 0.25) is 0 Å². The van der Waals surface area contributed by atoms with E-state index in [1.807, 2.05) is 0 Å². The van der Waals surface area contributed by atoms with Gasteiger partial charge in [0.2, 0.25) is 0 Å². The Morgan fingerprint density at radius 2 is 2.32 bits per heavy atom. The van der Waals surface area contributed by atoms with E-state index in [4.69, 9.17) is 4.42 Å². The fourth-order valence-electron chi connectivity index (χ4n) is 2.72. The lowest BCUT2D eigenvalue weighted by Crippen LogP contribution is -2.34. The lowest BCUT2D eigenvalue weighted by atomic mass is 9.87. The van der Waals surface area contributed by atoms with Gasteiger partial charge in [-0.05, 0) is 30.5 Å². The van der Waals surface area contributed by atoms with Gasteiger partial charge in [-0.25, -0.2) is 4.98 Å². The third-order valence-corrected chi connectivity index (χ3v) is 4.76. The number of fused-ring (bicyclic) bond motifs is 1. The molecule has 100 valence electrons. The Kier molecular flexibility index (Phi) is 3.89. The van der Waals surface area contributed by atoms with Gasteiger partial charge in [-0.1, -0.05) is 43.0 Å². The van der Waals surface area contributed by atoms with Crippen LogP contribution in [0.15, 0.2) is 46.4 Å². The summed E-state index contributed by atoms with van der Waals surface area (Å²) in [6.07, 6.45) is 5.64. The van der Waals surface area contributed by atoms with Gasteiger partial charge in [0.25, 0.3) is 5.22 Å². The minimum Gasteiger partial charge on any atom is -0.440 e. The highest BCUT2D eigenvalue weighted by Gasteiger charge is 2.30. The summed E-state index contributed by atoms with van der Waals surface area (Å²) >= 11 is 1.74. The Bertz CT molecular complexity index is 527. The predicted octanol–water partition coefficient (Wildman–Crippen LogP) is 3.43. The van der Waals surface area contributed by atoms with Gasteiger partial charge in [0.05, 0.1) is 6.20 Å². The zero-order valence-electron chi connectivity index (χ0n) is 11.0. The topological polar surface area (TPSA) is 38.1 Å². The van der Waals surface area contributed by atoms with Gasteiger partial charge in [-0.15, -0.1) is 0 Å². The van der Waals surface area contributed by atoms with Gasteiger partial charge in [0, 0.05) is 11.3 Å². The molecule has 2 atom stereocenters. The normalized spacial score (nSPS) is 22.2. The summed E-state index contributed by atoms with van der Waals surface area (Å²) in [5.74, 6) is 0. The third kappa shape index (κ3) is 2.69. The molecule has 1 aromatic carbocycles. The van der Waals surface area contributed by atoms with Crippen LogP contribution in [0.25, 0.3) is 0 Å². The fraction of sp³-hybridized carbons (Fsp3) is 0.400. The van der Waals surface area contributed by atoms with Crippen molar-refractivity contribution in [3.8, 4) is 0 Å². The van der Waals surface area contributed by atoms with Crippen LogP contribution in [0.3, 0.4) is 0 Å². The minimum atomic E-state index is 0.381. The molecule has 0 aliphatic heterocycles. The Morgan fingerprint density at radius 3 is 3.11 bits per heavy atom. The van der Waals surface area contributed by atoms with Crippen LogP contribution in [0, 0.1) is 0 Å². The molecule has 1 heterocycles. The van der Waals surface area contributed by atoms with Crippen molar-refractivity contribution < 1.29 is 4.42 Å². The number of hydrogen-bond acceptors (Lipinski definition) is 4. The van der Waals surface area contributed by atoms with Crippen LogP contribution in [-0.2, 0) is 6.42 Å². The summed E-state index contributed by atoms with van der Waals surface area (Å²) in [6.45, 7) is 3.13. The molecule has 0 saturated carbocycles. The average Bonchev–Trinajstić information content (AvgIpc) is 2.94. The van der Waals surface area contributed by atoms with Crippen LogP contribution >= 0.6 is 11.8 Å². The monoisotopic (exact) mass is 274 g/mol. The number of nitrogens with one attached hydrogen (secondary N) is 1. The molecule has 2 unspecified atom stereocenters. The Labute approximate surface area is 117 Å². The van der Waals surface area contributed by atoms with Crippen molar-refractivity contribution >= 4 is 11.8 Å². The predicted molar refractivity (Wildman–Crippen MR) is 77.3 cm³/mol. The van der Waals surface area contributed by atoms with E-state index in [0.29, 0.717) is 11.3 Å². The van der Waals surface area contributed by atoms with E-state index in [1.165, 1.54) is 11.1 Å². The number of thioether (sulfide) groups is 1. The highest BCUT2D eigenvalue weighted by molar-refractivity contribution is 7.99. The van der Waals surface area contributed by atoms with Crippen LogP contribution in [0.4, 0.5) is 0 Å². The van der Waals surface area contributed by atoms with E-state index in [9.17, 15) is 0 Å². The quantitative estimate of drug-likeness (QED) is 0.927. The number of nitrogens with zero attached hydrogens (tertiary/aromatic N) is 1. The highest BCUT2D eigenvalue weighted by atomic mass is 32.2. The minimum absolute atomic E-state index is 0.381. The van der Waals surface area contributed by atoms with Gasteiger partial charge in [-0.2, -0.15) is 0 Å². The van der Waals surface area contributed by atoms with E-state index in [0.717, 1.165) is 24.6 Å². The van der Waals surface area contributed by atoms with E-state index in [2.05, 4.69) is 41.5 Å². The number of aryl methyl sites for hydroxylation is 1. The summed E-state index contributed by atoms with van der Waals surface area (Å²) < 4.78 is 5.37. The summed E-state index contributed by atoms with van der Waals surface area (Å²) in [5, 5.41) is 4.86. The second kappa shape index (κ2) is 5.80. The standard InChI is InChI=1S/C15H18N2OS/c1-2-16-14-12-6-4-3-5-11(12)7-8-13(14)19-15-17-9-10-18-15/h3-6,9-10,13-14,16H,2,7-8H2,1H3. The number of rotatable bonds is 4. The average molecular weight is 274 g/mol. The van der Waals surface area contributed by atoms with Gasteiger partial charge >= 0.3 is 0 Å². The van der Waals surface area contributed by atoms with Crippen molar-refractivity contribution in [3.05, 3.63) is 47.9 Å². The molecule has 2 aromatic rings. The molecule has 19 heavy (non-hydrogen) atoms. The molecule has 0 spiro atoms. The molecule has 3 nitrogen and oxygen atoms in total.